The third-order valence-corrected chi connectivity index (χ3v) is 3.26. The number of hydrogen-bond acceptors (Lipinski definition) is 5. The summed E-state index contributed by atoms with van der Waals surface area (Å²) in [6.45, 7) is 2.64. The number of para-hydroxylation sites is 2. The highest BCUT2D eigenvalue weighted by atomic mass is 32.2. The van der Waals surface area contributed by atoms with Gasteiger partial charge in [0.1, 0.15) is 5.82 Å². The molecule has 0 amide bonds. The van der Waals surface area contributed by atoms with Crippen LogP contribution in [0.2, 0.25) is 0 Å². The van der Waals surface area contributed by atoms with E-state index in [4.69, 9.17) is 0 Å². The molecule has 0 aliphatic heterocycles. The molecule has 1 heterocycles. The van der Waals surface area contributed by atoms with E-state index in [-0.39, 0.29) is 0 Å². The highest BCUT2D eigenvalue weighted by Gasteiger charge is 2.04. The quantitative estimate of drug-likeness (QED) is 0.795. The van der Waals surface area contributed by atoms with E-state index in [9.17, 15) is 8.42 Å². The number of nitrogens with zero attached hydrogens (tertiary/aromatic N) is 2. The Morgan fingerprint density at radius 3 is 2.37 bits per heavy atom. The molecule has 2 aromatic rings. The fourth-order valence-corrected chi connectivity index (χ4v) is 2.15. The lowest BCUT2D eigenvalue weighted by molar-refractivity contribution is 0.589. The zero-order chi connectivity index (χ0) is 13.9. The van der Waals surface area contributed by atoms with Crippen LogP contribution in [-0.4, -0.2) is 37.7 Å². The summed E-state index contributed by atoms with van der Waals surface area (Å²) in [5, 5.41) is 3.08. The van der Waals surface area contributed by atoms with E-state index in [0.29, 0.717) is 18.9 Å². The summed E-state index contributed by atoms with van der Waals surface area (Å²) in [6.07, 6.45) is 1.13. The summed E-state index contributed by atoms with van der Waals surface area (Å²) in [5.74, 6) is 0.675. The molecule has 0 spiro atoms. The number of anilines is 1. The number of fused-ring (bicyclic) bond motifs is 1. The Hall–Kier alpha value is -1.73. The van der Waals surface area contributed by atoms with Crippen molar-refractivity contribution in [1.29, 1.82) is 0 Å². The van der Waals surface area contributed by atoms with Crippen molar-refractivity contribution >= 4 is 26.9 Å². The van der Waals surface area contributed by atoms with Gasteiger partial charge in [0.25, 0.3) is 0 Å². The maximum atomic E-state index is 10.9. The molecule has 7 heteroatoms. The van der Waals surface area contributed by atoms with Crippen molar-refractivity contribution in [3.8, 4) is 0 Å². The Morgan fingerprint density at radius 2 is 1.74 bits per heavy atom. The maximum absolute atomic E-state index is 10.9. The van der Waals surface area contributed by atoms with Gasteiger partial charge in [0, 0.05) is 13.1 Å². The molecule has 0 saturated heterocycles. The molecule has 0 aliphatic rings. The smallest absolute Gasteiger partial charge is 0.208 e. The first-order valence-electron chi connectivity index (χ1n) is 5.87. The molecule has 0 fully saturated rings. The van der Waals surface area contributed by atoms with Crippen molar-refractivity contribution in [2.45, 2.75) is 6.92 Å². The van der Waals surface area contributed by atoms with Crippen LogP contribution < -0.4 is 10.0 Å². The van der Waals surface area contributed by atoms with E-state index in [0.717, 1.165) is 23.0 Å². The molecule has 0 bridgehead atoms. The number of rotatable bonds is 5. The molecule has 102 valence electrons. The van der Waals surface area contributed by atoms with Crippen molar-refractivity contribution < 1.29 is 8.42 Å². The maximum Gasteiger partial charge on any atom is 0.208 e. The van der Waals surface area contributed by atoms with Crippen molar-refractivity contribution in [2.75, 3.05) is 24.7 Å². The minimum Gasteiger partial charge on any atom is -0.367 e. The van der Waals surface area contributed by atoms with E-state index in [2.05, 4.69) is 20.0 Å². The fraction of sp³-hybridized carbons (Fsp3) is 0.333. The average molecular weight is 280 g/mol. The van der Waals surface area contributed by atoms with Gasteiger partial charge in [0.05, 0.1) is 23.0 Å². The third-order valence-electron chi connectivity index (χ3n) is 2.53. The van der Waals surface area contributed by atoms with E-state index in [1.165, 1.54) is 0 Å². The van der Waals surface area contributed by atoms with Gasteiger partial charge in [0.2, 0.25) is 10.0 Å². The van der Waals surface area contributed by atoms with Crippen LogP contribution in [-0.2, 0) is 10.0 Å². The van der Waals surface area contributed by atoms with Crippen LogP contribution in [0.4, 0.5) is 5.82 Å². The highest BCUT2D eigenvalue weighted by Crippen LogP contribution is 2.15. The van der Waals surface area contributed by atoms with Crippen molar-refractivity contribution in [1.82, 2.24) is 14.7 Å². The molecule has 2 N–H and O–H groups in total. The SMILES string of the molecule is Cc1nc2ccccc2nc1NCCNS(C)(=O)=O. The summed E-state index contributed by atoms with van der Waals surface area (Å²) in [6, 6.07) is 7.62. The predicted octanol–water partition coefficient (Wildman–Crippen LogP) is 0.899. The molecule has 1 aromatic carbocycles. The van der Waals surface area contributed by atoms with E-state index in [1.807, 2.05) is 31.2 Å². The Balaban J connectivity index is 2.06. The Bertz CT molecular complexity index is 685. The number of sulfonamides is 1. The van der Waals surface area contributed by atoms with Gasteiger partial charge in [-0.2, -0.15) is 0 Å². The van der Waals surface area contributed by atoms with Crippen LogP contribution in [0.25, 0.3) is 11.0 Å². The highest BCUT2D eigenvalue weighted by molar-refractivity contribution is 7.88. The van der Waals surface area contributed by atoms with Gasteiger partial charge in [-0.05, 0) is 19.1 Å². The minimum absolute atomic E-state index is 0.312. The number of nitrogens with one attached hydrogen (secondary N) is 2. The zero-order valence-electron chi connectivity index (χ0n) is 10.8. The minimum atomic E-state index is -3.15. The van der Waals surface area contributed by atoms with Crippen LogP contribution in [0.15, 0.2) is 24.3 Å². The molecular formula is C12H16N4O2S. The Morgan fingerprint density at radius 1 is 1.11 bits per heavy atom. The van der Waals surface area contributed by atoms with Crippen LogP contribution in [0, 0.1) is 6.92 Å². The second kappa shape index (κ2) is 5.50. The standard InChI is InChI=1S/C12H16N4O2S/c1-9-12(13-7-8-14-19(2,17)18)16-11-6-4-3-5-10(11)15-9/h3-6,14H,7-8H2,1-2H3,(H,13,16). The van der Waals surface area contributed by atoms with Gasteiger partial charge in [-0.25, -0.2) is 23.1 Å². The van der Waals surface area contributed by atoms with E-state index >= 15 is 0 Å². The monoisotopic (exact) mass is 280 g/mol. The van der Waals surface area contributed by atoms with Crippen molar-refractivity contribution in [3.63, 3.8) is 0 Å². The summed E-state index contributed by atoms with van der Waals surface area (Å²) in [4.78, 5) is 8.90. The largest absolute Gasteiger partial charge is 0.367 e. The molecule has 6 nitrogen and oxygen atoms in total. The van der Waals surface area contributed by atoms with Gasteiger partial charge in [-0.3, -0.25) is 0 Å². The first-order valence-corrected chi connectivity index (χ1v) is 7.77. The third kappa shape index (κ3) is 3.87. The molecule has 0 radical (unpaired) electrons. The zero-order valence-corrected chi connectivity index (χ0v) is 11.7. The summed E-state index contributed by atoms with van der Waals surface area (Å²) in [5.41, 5.74) is 2.45. The fourth-order valence-electron chi connectivity index (χ4n) is 1.67. The molecule has 0 unspecified atom stereocenters. The van der Waals surface area contributed by atoms with Gasteiger partial charge >= 0.3 is 0 Å². The van der Waals surface area contributed by atoms with Gasteiger partial charge in [0.15, 0.2) is 0 Å². The van der Waals surface area contributed by atoms with Gasteiger partial charge in [-0.1, -0.05) is 12.1 Å². The normalized spacial score (nSPS) is 11.7. The van der Waals surface area contributed by atoms with E-state index < -0.39 is 10.0 Å². The average Bonchev–Trinajstić information content (AvgIpc) is 2.33. The van der Waals surface area contributed by atoms with E-state index in [1.54, 1.807) is 0 Å². The molecule has 19 heavy (non-hydrogen) atoms. The summed E-state index contributed by atoms with van der Waals surface area (Å²) >= 11 is 0. The predicted molar refractivity (Wildman–Crippen MR) is 75.6 cm³/mol. The summed E-state index contributed by atoms with van der Waals surface area (Å²) in [7, 11) is -3.15. The molecular weight excluding hydrogens is 264 g/mol. The number of benzene rings is 1. The molecule has 0 atom stereocenters. The molecule has 1 aromatic heterocycles. The number of hydrogen-bond donors (Lipinski definition) is 2. The van der Waals surface area contributed by atoms with Gasteiger partial charge < -0.3 is 5.32 Å². The van der Waals surface area contributed by atoms with Crippen LogP contribution in [0.5, 0.6) is 0 Å². The van der Waals surface area contributed by atoms with Crippen molar-refractivity contribution in [3.05, 3.63) is 30.0 Å². The van der Waals surface area contributed by atoms with Gasteiger partial charge in [-0.15, -0.1) is 0 Å². The molecule has 0 saturated carbocycles. The van der Waals surface area contributed by atoms with Crippen molar-refractivity contribution in [2.24, 2.45) is 0 Å². The summed E-state index contributed by atoms with van der Waals surface area (Å²) < 4.78 is 24.2. The Labute approximate surface area is 112 Å². The first-order chi connectivity index (χ1) is 8.96. The topological polar surface area (TPSA) is 84.0 Å². The number of aryl methyl sites for hydroxylation is 1. The Kier molecular flexibility index (Phi) is 3.96. The van der Waals surface area contributed by atoms with Crippen LogP contribution in [0.3, 0.4) is 0 Å². The lowest BCUT2D eigenvalue weighted by Gasteiger charge is -2.09. The molecule has 2 rings (SSSR count). The number of aromatic nitrogens is 2. The first kappa shape index (κ1) is 13.7. The molecule has 0 aliphatic carbocycles. The second-order valence-corrected chi connectivity index (χ2v) is 6.07. The second-order valence-electron chi connectivity index (χ2n) is 4.24. The lowest BCUT2D eigenvalue weighted by atomic mass is 10.3. The lowest BCUT2D eigenvalue weighted by Crippen LogP contribution is -2.28. The van der Waals surface area contributed by atoms with Crippen LogP contribution in [0.1, 0.15) is 5.69 Å². The van der Waals surface area contributed by atoms with Crippen LogP contribution >= 0.6 is 0 Å².